The van der Waals surface area contributed by atoms with Gasteiger partial charge in [-0.25, -0.2) is 0 Å². The first-order chi connectivity index (χ1) is 11.9. The first-order valence-electron chi connectivity index (χ1n) is 8.30. The van der Waals surface area contributed by atoms with Crippen LogP contribution in [0.2, 0.25) is 0 Å². The molecule has 3 N–H and O–H groups in total. The average molecular weight is 343 g/mol. The van der Waals surface area contributed by atoms with E-state index >= 15 is 0 Å². The Balaban J connectivity index is 1.87. The molecule has 1 aliphatic rings. The number of nitrogens with one attached hydrogen (secondary N) is 2. The molecule has 0 atom stereocenters. The SMILES string of the molecule is CN(C)C(=O)c1cccc(Nc2c(NC3CCCC3)c(=O)c2=O)c1O. The van der Waals surface area contributed by atoms with E-state index in [9.17, 15) is 19.5 Å². The van der Waals surface area contributed by atoms with E-state index in [0.717, 1.165) is 25.7 Å². The number of carbonyl (C=O) groups excluding carboxylic acids is 1. The molecule has 2 aromatic rings. The van der Waals surface area contributed by atoms with Crippen molar-refractivity contribution < 1.29 is 9.90 Å². The first kappa shape index (κ1) is 17.0. The molecular formula is C18H21N3O4. The lowest BCUT2D eigenvalue weighted by Crippen LogP contribution is -2.38. The highest BCUT2D eigenvalue weighted by Crippen LogP contribution is 2.32. The summed E-state index contributed by atoms with van der Waals surface area (Å²) in [4.78, 5) is 37.2. The minimum atomic E-state index is -0.621. The largest absolute Gasteiger partial charge is 0.505 e. The lowest BCUT2D eigenvalue weighted by Gasteiger charge is -2.20. The summed E-state index contributed by atoms with van der Waals surface area (Å²) < 4.78 is 0. The summed E-state index contributed by atoms with van der Waals surface area (Å²) in [6.45, 7) is 0. The van der Waals surface area contributed by atoms with E-state index in [0.29, 0.717) is 0 Å². The number of benzene rings is 1. The Morgan fingerprint density at radius 2 is 1.76 bits per heavy atom. The number of hydrogen-bond acceptors (Lipinski definition) is 6. The molecule has 0 heterocycles. The predicted octanol–water partition coefficient (Wildman–Crippen LogP) is 1.79. The number of phenols is 1. The quantitative estimate of drug-likeness (QED) is 0.565. The molecule has 25 heavy (non-hydrogen) atoms. The monoisotopic (exact) mass is 343 g/mol. The molecule has 7 heteroatoms. The maximum atomic E-state index is 12.1. The fraction of sp³-hybridized carbons (Fsp3) is 0.389. The molecule has 1 aliphatic carbocycles. The minimum absolute atomic E-state index is 0.124. The minimum Gasteiger partial charge on any atom is -0.505 e. The van der Waals surface area contributed by atoms with E-state index in [1.54, 1.807) is 26.2 Å². The van der Waals surface area contributed by atoms with Gasteiger partial charge in [0.1, 0.15) is 11.4 Å². The Hall–Kier alpha value is -2.83. The second kappa shape index (κ2) is 6.58. The molecule has 0 saturated heterocycles. The molecule has 0 spiro atoms. The van der Waals surface area contributed by atoms with Crippen LogP contribution in [0, 0.1) is 0 Å². The van der Waals surface area contributed by atoms with E-state index in [-0.39, 0.29) is 40.3 Å². The number of nitrogens with zero attached hydrogens (tertiary/aromatic N) is 1. The second-order valence-electron chi connectivity index (χ2n) is 6.56. The lowest BCUT2D eigenvalue weighted by atomic mass is 10.1. The van der Waals surface area contributed by atoms with Crippen molar-refractivity contribution in [3.63, 3.8) is 0 Å². The van der Waals surface area contributed by atoms with Gasteiger partial charge in [-0.1, -0.05) is 18.9 Å². The zero-order chi connectivity index (χ0) is 18.1. The zero-order valence-corrected chi connectivity index (χ0v) is 14.3. The van der Waals surface area contributed by atoms with Crippen LogP contribution in [0.3, 0.4) is 0 Å². The Kier molecular flexibility index (Phi) is 4.48. The topological polar surface area (TPSA) is 98.7 Å². The smallest absolute Gasteiger partial charge is 0.257 e. The summed E-state index contributed by atoms with van der Waals surface area (Å²) in [7, 11) is 3.17. The highest BCUT2D eigenvalue weighted by atomic mass is 16.3. The molecule has 1 amide bonds. The van der Waals surface area contributed by atoms with Crippen molar-refractivity contribution in [2.75, 3.05) is 24.7 Å². The Morgan fingerprint density at radius 3 is 2.40 bits per heavy atom. The van der Waals surface area contributed by atoms with Gasteiger partial charge in [-0.15, -0.1) is 0 Å². The maximum Gasteiger partial charge on any atom is 0.257 e. The highest BCUT2D eigenvalue weighted by molar-refractivity contribution is 5.99. The van der Waals surface area contributed by atoms with Crippen LogP contribution in [-0.2, 0) is 0 Å². The van der Waals surface area contributed by atoms with Crippen LogP contribution in [0.5, 0.6) is 5.75 Å². The molecule has 3 rings (SSSR count). The van der Waals surface area contributed by atoms with Crippen molar-refractivity contribution in [1.29, 1.82) is 0 Å². The maximum absolute atomic E-state index is 12.1. The van der Waals surface area contributed by atoms with Crippen molar-refractivity contribution in [1.82, 2.24) is 4.90 Å². The first-order valence-corrected chi connectivity index (χ1v) is 8.30. The van der Waals surface area contributed by atoms with Crippen LogP contribution in [0.1, 0.15) is 36.0 Å². The third-order valence-electron chi connectivity index (χ3n) is 4.55. The second-order valence-corrected chi connectivity index (χ2v) is 6.56. The molecular weight excluding hydrogens is 322 g/mol. The van der Waals surface area contributed by atoms with Crippen LogP contribution in [-0.4, -0.2) is 36.1 Å². The molecule has 0 aliphatic heterocycles. The van der Waals surface area contributed by atoms with Gasteiger partial charge in [0.15, 0.2) is 5.75 Å². The van der Waals surface area contributed by atoms with Crippen molar-refractivity contribution in [3.05, 3.63) is 44.2 Å². The number of para-hydroxylation sites is 1. The lowest BCUT2D eigenvalue weighted by molar-refractivity contribution is 0.0825. The van der Waals surface area contributed by atoms with Crippen molar-refractivity contribution in [3.8, 4) is 5.75 Å². The normalized spacial score (nSPS) is 14.6. The van der Waals surface area contributed by atoms with E-state index in [1.807, 2.05) is 0 Å². The number of rotatable bonds is 5. The number of hydrogen-bond donors (Lipinski definition) is 3. The number of carbonyl (C=O) groups is 1. The molecule has 0 bridgehead atoms. The standard InChI is InChI=1S/C18H21N3O4/c1-21(2)18(25)11-8-5-9-12(15(11)22)20-14-13(16(23)17(14)24)19-10-6-3-4-7-10/h5,8-10,19-20,22H,3-4,6-7H2,1-2H3. The van der Waals surface area contributed by atoms with Gasteiger partial charge in [-0.05, 0) is 25.0 Å². The average Bonchev–Trinajstić information content (AvgIpc) is 3.11. The van der Waals surface area contributed by atoms with Crippen molar-refractivity contribution in [2.24, 2.45) is 0 Å². The third kappa shape index (κ3) is 3.09. The van der Waals surface area contributed by atoms with Gasteiger partial charge < -0.3 is 20.6 Å². The summed E-state index contributed by atoms with van der Waals surface area (Å²) >= 11 is 0. The Morgan fingerprint density at radius 1 is 1.12 bits per heavy atom. The molecule has 132 valence electrons. The van der Waals surface area contributed by atoms with Crippen molar-refractivity contribution in [2.45, 2.75) is 31.7 Å². The Labute approximate surface area is 145 Å². The summed E-state index contributed by atoms with van der Waals surface area (Å²) in [5, 5.41) is 16.3. The van der Waals surface area contributed by atoms with Crippen LogP contribution in [0.25, 0.3) is 0 Å². The summed E-state index contributed by atoms with van der Waals surface area (Å²) in [5.41, 5.74) is -0.422. The third-order valence-corrected chi connectivity index (χ3v) is 4.55. The number of anilines is 3. The van der Waals surface area contributed by atoms with Gasteiger partial charge in [-0.3, -0.25) is 14.4 Å². The number of phenolic OH excluding ortho intramolecular Hbond substituents is 1. The van der Waals surface area contributed by atoms with Gasteiger partial charge in [0.2, 0.25) is 0 Å². The summed E-state index contributed by atoms with van der Waals surface area (Å²) in [5.74, 6) is -0.600. The van der Waals surface area contributed by atoms with E-state index < -0.39 is 10.9 Å². The molecule has 1 saturated carbocycles. The summed E-state index contributed by atoms with van der Waals surface area (Å²) in [6.07, 6.45) is 4.14. The molecule has 0 radical (unpaired) electrons. The van der Waals surface area contributed by atoms with Gasteiger partial charge in [0, 0.05) is 20.1 Å². The van der Waals surface area contributed by atoms with Crippen LogP contribution < -0.4 is 21.5 Å². The molecule has 7 nitrogen and oxygen atoms in total. The zero-order valence-electron chi connectivity index (χ0n) is 14.3. The number of aromatic hydroxyl groups is 1. The molecule has 0 aromatic heterocycles. The van der Waals surface area contributed by atoms with Gasteiger partial charge >= 0.3 is 0 Å². The molecule has 0 unspecified atom stereocenters. The van der Waals surface area contributed by atoms with Crippen molar-refractivity contribution >= 4 is 23.0 Å². The van der Waals surface area contributed by atoms with E-state index in [4.69, 9.17) is 0 Å². The van der Waals surface area contributed by atoms with E-state index in [1.165, 1.54) is 11.0 Å². The Bertz CT molecular complexity index is 875. The van der Waals surface area contributed by atoms with Gasteiger partial charge in [0.05, 0.1) is 11.3 Å². The molecule has 1 fully saturated rings. The fourth-order valence-electron chi connectivity index (χ4n) is 3.12. The molecule has 2 aromatic carbocycles. The summed E-state index contributed by atoms with van der Waals surface area (Å²) in [6, 6.07) is 4.86. The van der Waals surface area contributed by atoms with E-state index in [2.05, 4.69) is 10.6 Å². The van der Waals surface area contributed by atoms with Gasteiger partial charge in [-0.2, -0.15) is 0 Å². The highest BCUT2D eigenvalue weighted by Gasteiger charge is 2.26. The number of amides is 1. The van der Waals surface area contributed by atoms with Gasteiger partial charge in [0.25, 0.3) is 16.8 Å². The fourth-order valence-corrected chi connectivity index (χ4v) is 3.12. The van der Waals surface area contributed by atoms with Crippen LogP contribution in [0.15, 0.2) is 27.8 Å². The predicted molar refractivity (Wildman–Crippen MR) is 96.6 cm³/mol. The van der Waals surface area contributed by atoms with Crippen LogP contribution >= 0.6 is 0 Å². The van der Waals surface area contributed by atoms with Crippen LogP contribution in [0.4, 0.5) is 17.1 Å².